The van der Waals surface area contributed by atoms with E-state index in [-0.39, 0.29) is 32.5 Å². The van der Waals surface area contributed by atoms with Crippen molar-refractivity contribution in [1.82, 2.24) is 15.1 Å². The van der Waals surface area contributed by atoms with Crippen LogP contribution in [0.25, 0.3) is 0 Å². The van der Waals surface area contributed by atoms with Gasteiger partial charge in [0.15, 0.2) is 0 Å². The van der Waals surface area contributed by atoms with Crippen LogP contribution in [0.2, 0.25) is 0 Å². The molecule has 7 nitrogen and oxygen atoms in total. The molecule has 0 bridgehead atoms. The monoisotopic (exact) mass is 453 g/mol. The van der Waals surface area contributed by atoms with Crippen molar-refractivity contribution in [1.29, 1.82) is 0 Å². The molecule has 32 heavy (non-hydrogen) atoms. The number of nitrogens with one attached hydrogen (secondary N) is 1. The van der Waals surface area contributed by atoms with Gasteiger partial charge in [0.1, 0.15) is 5.41 Å². The highest BCUT2D eigenvalue weighted by molar-refractivity contribution is 5.91. The molecule has 2 atom stereocenters. The standard InChI is InChI=1S/C22H26F3N3O4/c1-32-10-17(15-5-3-2-4-6-15)28(14-29)18(30)16-9-26-11-20(16)12-27(13-20)19(31)21(7-8-21)22(23,24)25/h2-6,14,16-17,26H,7-13H2,1H3. The van der Waals surface area contributed by atoms with Crippen molar-refractivity contribution in [2.45, 2.75) is 25.1 Å². The molecule has 1 aromatic rings. The van der Waals surface area contributed by atoms with Crippen LogP contribution in [0.3, 0.4) is 0 Å². The van der Waals surface area contributed by atoms with Crippen molar-refractivity contribution in [2.24, 2.45) is 16.7 Å². The number of amides is 3. The average Bonchev–Trinajstić information content (AvgIpc) is 3.45. The highest BCUT2D eigenvalue weighted by Gasteiger charge is 2.71. The van der Waals surface area contributed by atoms with Crippen LogP contribution in [-0.4, -0.2) is 74.1 Å². The maximum absolute atomic E-state index is 13.4. The van der Waals surface area contributed by atoms with Gasteiger partial charge in [0, 0.05) is 38.7 Å². The molecule has 4 rings (SSSR count). The first kappa shape index (κ1) is 22.7. The van der Waals surface area contributed by atoms with Crippen molar-refractivity contribution in [3.63, 3.8) is 0 Å². The van der Waals surface area contributed by atoms with Gasteiger partial charge in [-0.2, -0.15) is 13.2 Å². The quantitative estimate of drug-likeness (QED) is 0.637. The topological polar surface area (TPSA) is 79.0 Å². The lowest BCUT2D eigenvalue weighted by Gasteiger charge is -2.52. The van der Waals surface area contributed by atoms with Crippen LogP contribution >= 0.6 is 0 Å². The summed E-state index contributed by atoms with van der Waals surface area (Å²) in [5.41, 5.74) is -2.20. The number of halogens is 3. The number of likely N-dealkylation sites (tertiary alicyclic amines) is 1. The van der Waals surface area contributed by atoms with Gasteiger partial charge in [-0.3, -0.25) is 19.3 Å². The summed E-state index contributed by atoms with van der Waals surface area (Å²) < 4.78 is 45.3. The van der Waals surface area contributed by atoms with Crippen LogP contribution in [0.5, 0.6) is 0 Å². The molecule has 2 saturated heterocycles. The molecule has 10 heteroatoms. The van der Waals surface area contributed by atoms with Gasteiger partial charge in [-0.15, -0.1) is 0 Å². The number of methoxy groups -OCH3 is 1. The molecular weight excluding hydrogens is 427 g/mol. The van der Waals surface area contributed by atoms with Gasteiger partial charge in [0.25, 0.3) is 0 Å². The van der Waals surface area contributed by atoms with Gasteiger partial charge in [-0.25, -0.2) is 0 Å². The molecule has 3 fully saturated rings. The fourth-order valence-corrected chi connectivity index (χ4v) is 5.02. The van der Waals surface area contributed by atoms with Crippen LogP contribution in [0.1, 0.15) is 24.4 Å². The molecule has 1 aliphatic carbocycles. The van der Waals surface area contributed by atoms with E-state index in [2.05, 4.69) is 5.32 Å². The van der Waals surface area contributed by atoms with Crippen LogP contribution in [0.15, 0.2) is 30.3 Å². The minimum Gasteiger partial charge on any atom is -0.382 e. The highest BCUT2D eigenvalue weighted by atomic mass is 19.4. The van der Waals surface area contributed by atoms with Crippen molar-refractivity contribution in [3.05, 3.63) is 35.9 Å². The fourth-order valence-electron chi connectivity index (χ4n) is 5.02. The number of hydrogen-bond donors (Lipinski definition) is 1. The zero-order chi connectivity index (χ0) is 23.1. The molecular formula is C22H26F3N3O4. The fraction of sp³-hybridized carbons (Fsp3) is 0.591. The molecule has 174 valence electrons. The van der Waals surface area contributed by atoms with Gasteiger partial charge in [-0.1, -0.05) is 30.3 Å². The Kier molecular flexibility index (Phi) is 5.79. The second-order valence-corrected chi connectivity index (χ2v) is 9.02. The van der Waals surface area contributed by atoms with Crippen LogP contribution in [0.4, 0.5) is 13.2 Å². The van der Waals surface area contributed by atoms with Crippen LogP contribution < -0.4 is 5.32 Å². The normalized spacial score (nSPS) is 24.0. The number of rotatable bonds is 7. The minimum atomic E-state index is -4.56. The summed E-state index contributed by atoms with van der Waals surface area (Å²) in [4.78, 5) is 40.3. The van der Waals surface area contributed by atoms with E-state index in [4.69, 9.17) is 4.74 Å². The van der Waals surface area contributed by atoms with E-state index in [0.717, 1.165) is 10.5 Å². The molecule has 3 aliphatic rings. The van der Waals surface area contributed by atoms with Gasteiger partial charge in [-0.05, 0) is 18.4 Å². The highest BCUT2D eigenvalue weighted by Crippen LogP contribution is 2.60. The van der Waals surface area contributed by atoms with E-state index in [9.17, 15) is 27.6 Å². The number of carbonyl (C=O) groups excluding carboxylic acids is 3. The molecule has 1 aromatic carbocycles. The molecule has 1 saturated carbocycles. The second kappa shape index (κ2) is 8.15. The summed E-state index contributed by atoms with van der Waals surface area (Å²) in [6.45, 7) is 0.948. The zero-order valence-electron chi connectivity index (χ0n) is 17.7. The number of ether oxygens (including phenoxy) is 1. The van der Waals surface area contributed by atoms with E-state index in [1.807, 2.05) is 6.07 Å². The number of carbonyl (C=O) groups is 3. The Morgan fingerprint density at radius 3 is 2.47 bits per heavy atom. The van der Waals surface area contributed by atoms with Gasteiger partial charge in [0.2, 0.25) is 18.2 Å². The van der Waals surface area contributed by atoms with Crippen molar-refractivity contribution < 1.29 is 32.3 Å². The summed E-state index contributed by atoms with van der Waals surface area (Å²) in [5.74, 6) is -1.94. The SMILES string of the molecule is COCC(c1ccccc1)N(C=O)C(=O)C1CNCC12CN(C(=O)C1(C(F)(F)F)CC1)C2. The third-order valence-electron chi connectivity index (χ3n) is 7.08. The molecule has 1 spiro atoms. The first-order valence-corrected chi connectivity index (χ1v) is 10.6. The van der Waals surface area contributed by atoms with E-state index in [1.165, 1.54) is 12.0 Å². The lowest BCUT2D eigenvalue weighted by molar-refractivity contribution is -0.205. The third kappa shape index (κ3) is 3.59. The third-order valence-corrected chi connectivity index (χ3v) is 7.08. The lowest BCUT2D eigenvalue weighted by atomic mass is 9.70. The molecule has 2 unspecified atom stereocenters. The van der Waals surface area contributed by atoms with E-state index < -0.39 is 40.8 Å². The first-order chi connectivity index (χ1) is 15.2. The Labute approximate surface area is 183 Å². The van der Waals surface area contributed by atoms with Gasteiger partial charge >= 0.3 is 6.18 Å². The number of imide groups is 1. The largest absolute Gasteiger partial charge is 0.403 e. The Hall–Kier alpha value is -2.46. The minimum absolute atomic E-state index is 0.0695. The summed E-state index contributed by atoms with van der Waals surface area (Å²) in [5, 5.41) is 3.12. The summed E-state index contributed by atoms with van der Waals surface area (Å²) in [6.07, 6.45) is -4.45. The van der Waals surface area contributed by atoms with Crippen molar-refractivity contribution in [2.75, 3.05) is 39.9 Å². The summed E-state index contributed by atoms with van der Waals surface area (Å²) in [7, 11) is 1.48. The number of alkyl halides is 3. The Morgan fingerprint density at radius 2 is 1.94 bits per heavy atom. The Balaban J connectivity index is 1.50. The zero-order valence-corrected chi connectivity index (χ0v) is 17.7. The molecule has 2 aliphatic heterocycles. The smallest absolute Gasteiger partial charge is 0.382 e. The molecule has 3 amide bonds. The van der Waals surface area contributed by atoms with Crippen molar-refractivity contribution in [3.8, 4) is 0 Å². The number of benzene rings is 1. The van der Waals surface area contributed by atoms with E-state index >= 15 is 0 Å². The average molecular weight is 453 g/mol. The lowest BCUT2D eigenvalue weighted by Crippen LogP contribution is -2.66. The number of hydrogen-bond acceptors (Lipinski definition) is 5. The Bertz CT molecular complexity index is 882. The van der Waals surface area contributed by atoms with E-state index in [1.54, 1.807) is 24.3 Å². The molecule has 2 heterocycles. The van der Waals surface area contributed by atoms with Gasteiger partial charge < -0.3 is 15.0 Å². The summed E-state index contributed by atoms with van der Waals surface area (Å²) in [6, 6.07) is 8.39. The molecule has 0 aromatic heterocycles. The first-order valence-electron chi connectivity index (χ1n) is 10.6. The second-order valence-electron chi connectivity index (χ2n) is 9.02. The van der Waals surface area contributed by atoms with Crippen LogP contribution in [0, 0.1) is 16.7 Å². The predicted octanol–water partition coefficient (Wildman–Crippen LogP) is 1.75. The van der Waals surface area contributed by atoms with Gasteiger partial charge in [0.05, 0.1) is 18.6 Å². The maximum Gasteiger partial charge on any atom is 0.403 e. The van der Waals surface area contributed by atoms with Crippen molar-refractivity contribution >= 4 is 18.2 Å². The molecule has 0 radical (unpaired) electrons. The summed E-state index contributed by atoms with van der Waals surface area (Å²) >= 11 is 0. The molecule has 1 N–H and O–H groups in total. The maximum atomic E-state index is 13.4. The van der Waals surface area contributed by atoms with E-state index in [0.29, 0.717) is 19.5 Å². The Morgan fingerprint density at radius 1 is 1.28 bits per heavy atom. The number of nitrogens with zero attached hydrogens (tertiary/aromatic N) is 2. The van der Waals surface area contributed by atoms with Crippen LogP contribution in [-0.2, 0) is 19.1 Å². The predicted molar refractivity (Wildman–Crippen MR) is 107 cm³/mol.